The molecule has 2 unspecified atom stereocenters. The number of nitrogens with two attached hydrogens (primary N) is 1. The summed E-state index contributed by atoms with van der Waals surface area (Å²) < 4.78 is 39.8. The molecular formula is C25H30F3N. The molecule has 1 fully saturated rings. The molecule has 0 amide bonds. The van der Waals surface area contributed by atoms with Gasteiger partial charge in [0.25, 0.3) is 0 Å². The number of benzene rings is 2. The largest absolute Gasteiger partial charge is 0.417 e. The van der Waals surface area contributed by atoms with Crippen molar-refractivity contribution in [3.63, 3.8) is 0 Å². The van der Waals surface area contributed by atoms with Crippen LogP contribution in [0.3, 0.4) is 0 Å². The molecule has 29 heavy (non-hydrogen) atoms. The molecule has 156 valence electrons. The van der Waals surface area contributed by atoms with Crippen LogP contribution in [0.15, 0.2) is 66.9 Å². The molecule has 2 aromatic carbocycles. The van der Waals surface area contributed by atoms with E-state index >= 15 is 0 Å². The Morgan fingerprint density at radius 1 is 1.10 bits per heavy atom. The first-order chi connectivity index (χ1) is 13.8. The highest BCUT2D eigenvalue weighted by Crippen LogP contribution is 2.54. The zero-order valence-electron chi connectivity index (χ0n) is 17.6. The summed E-state index contributed by atoms with van der Waals surface area (Å²) in [6.07, 6.45) is 2.21. The molecule has 0 radical (unpaired) electrons. The summed E-state index contributed by atoms with van der Waals surface area (Å²) in [6.45, 7) is 8.51. The standard InChI is InChI=1S/C23H24F3N.C2H6/c1-16-14-22(16,2)20-12-5-3-8-17(20)9-7-10-18(15-27)19-11-4-6-13-21(19)23(24,25)26;1-2/h3-8,10-13,15-16H,9,14,27H2,1-2H3;1-2H3/b10-7-,18-15+;. The summed E-state index contributed by atoms with van der Waals surface area (Å²) in [5, 5.41) is 0. The fraction of sp³-hybridized carbons (Fsp3) is 0.360. The Morgan fingerprint density at radius 3 is 2.28 bits per heavy atom. The average molecular weight is 402 g/mol. The molecule has 1 aliphatic carbocycles. The van der Waals surface area contributed by atoms with Crippen LogP contribution in [0, 0.1) is 5.92 Å². The van der Waals surface area contributed by atoms with Crippen molar-refractivity contribution in [2.24, 2.45) is 11.7 Å². The second-order valence-electron chi connectivity index (χ2n) is 7.45. The minimum atomic E-state index is -4.41. The summed E-state index contributed by atoms with van der Waals surface area (Å²) in [6, 6.07) is 13.8. The Balaban J connectivity index is 0.00000145. The molecule has 2 N–H and O–H groups in total. The van der Waals surface area contributed by atoms with Crippen LogP contribution >= 0.6 is 0 Å². The topological polar surface area (TPSA) is 26.0 Å². The molecule has 4 heteroatoms. The van der Waals surface area contributed by atoms with E-state index in [4.69, 9.17) is 5.73 Å². The van der Waals surface area contributed by atoms with E-state index in [1.54, 1.807) is 12.1 Å². The Kier molecular flexibility index (Phi) is 7.34. The van der Waals surface area contributed by atoms with E-state index in [0.29, 0.717) is 17.9 Å². The second-order valence-corrected chi connectivity index (χ2v) is 7.45. The lowest BCUT2D eigenvalue weighted by molar-refractivity contribution is -0.137. The first-order valence-corrected chi connectivity index (χ1v) is 10.1. The van der Waals surface area contributed by atoms with E-state index in [2.05, 4.69) is 26.0 Å². The van der Waals surface area contributed by atoms with Gasteiger partial charge in [0.2, 0.25) is 0 Å². The van der Waals surface area contributed by atoms with Crippen LogP contribution in [0.25, 0.3) is 5.57 Å². The van der Waals surface area contributed by atoms with Crippen LogP contribution in [-0.2, 0) is 18.0 Å². The summed E-state index contributed by atoms with van der Waals surface area (Å²) >= 11 is 0. The third-order valence-electron chi connectivity index (χ3n) is 5.65. The molecule has 0 saturated heterocycles. The van der Waals surface area contributed by atoms with Crippen LogP contribution in [0.2, 0.25) is 0 Å². The molecule has 1 saturated carbocycles. The smallest absolute Gasteiger partial charge is 0.404 e. The zero-order valence-corrected chi connectivity index (χ0v) is 17.6. The minimum Gasteiger partial charge on any atom is -0.404 e. The van der Waals surface area contributed by atoms with Gasteiger partial charge in [0, 0.05) is 6.20 Å². The Labute approximate surface area is 172 Å². The molecule has 0 spiro atoms. The normalized spacial score (nSPS) is 21.6. The average Bonchev–Trinajstić information content (AvgIpc) is 3.34. The van der Waals surface area contributed by atoms with Crippen molar-refractivity contribution in [1.82, 2.24) is 0 Å². The summed E-state index contributed by atoms with van der Waals surface area (Å²) in [7, 11) is 0. The van der Waals surface area contributed by atoms with Gasteiger partial charge in [0.15, 0.2) is 0 Å². The van der Waals surface area contributed by atoms with Gasteiger partial charge in [-0.1, -0.05) is 82.3 Å². The molecule has 0 aromatic heterocycles. The molecule has 3 rings (SSSR count). The van der Waals surface area contributed by atoms with Crippen molar-refractivity contribution in [2.75, 3.05) is 0 Å². The van der Waals surface area contributed by atoms with Gasteiger partial charge in [-0.2, -0.15) is 13.2 Å². The van der Waals surface area contributed by atoms with Crippen molar-refractivity contribution >= 4 is 5.57 Å². The molecule has 0 aliphatic heterocycles. The molecule has 2 atom stereocenters. The highest BCUT2D eigenvalue weighted by Gasteiger charge is 2.48. The Bertz CT molecular complexity index is 880. The molecule has 2 aromatic rings. The van der Waals surface area contributed by atoms with E-state index in [-0.39, 0.29) is 11.0 Å². The van der Waals surface area contributed by atoms with Gasteiger partial charge in [-0.3, -0.25) is 0 Å². The van der Waals surface area contributed by atoms with Crippen molar-refractivity contribution in [2.45, 2.75) is 52.1 Å². The zero-order chi connectivity index (χ0) is 21.7. The monoisotopic (exact) mass is 401 g/mol. The lowest BCUT2D eigenvalue weighted by Gasteiger charge is -2.15. The quantitative estimate of drug-likeness (QED) is 0.530. The highest BCUT2D eigenvalue weighted by atomic mass is 19.4. The summed E-state index contributed by atoms with van der Waals surface area (Å²) in [5.74, 6) is 0.654. The minimum absolute atomic E-state index is 0.0970. The van der Waals surface area contributed by atoms with E-state index in [1.807, 2.05) is 32.1 Å². The predicted octanol–water partition coefficient (Wildman–Crippen LogP) is 7.13. The predicted molar refractivity (Wildman–Crippen MR) is 115 cm³/mol. The first-order valence-electron chi connectivity index (χ1n) is 10.1. The van der Waals surface area contributed by atoms with Crippen LogP contribution in [0.5, 0.6) is 0 Å². The first kappa shape index (κ1) is 22.8. The number of alkyl halides is 3. The van der Waals surface area contributed by atoms with Gasteiger partial charge >= 0.3 is 6.18 Å². The van der Waals surface area contributed by atoms with Crippen molar-refractivity contribution in [3.05, 3.63) is 89.1 Å². The molecule has 0 heterocycles. The van der Waals surface area contributed by atoms with Crippen LogP contribution in [0.1, 0.15) is 56.4 Å². The molecular weight excluding hydrogens is 371 g/mol. The van der Waals surface area contributed by atoms with Crippen LogP contribution in [0.4, 0.5) is 13.2 Å². The molecule has 1 nitrogen and oxygen atoms in total. The number of allylic oxidation sites excluding steroid dienone is 3. The van der Waals surface area contributed by atoms with Crippen molar-refractivity contribution < 1.29 is 13.2 Å². The lowest BCUT2D eigenvalue weighted by atomic mass is 9.89. The van der Waals surface area contributed by atoms with E-state index < -0.39 is 11.7 Å². The van der Waals surface area contributed by atoms with E-state index in [9.17, 15) is 13.2 Å². The van der Waals surface area contributed by atoms with Crippen molar-refractivity contribution in [3.8, 4) is 0 Å². The van der Waals surface area contributed by atoms with E-state index in [0.717, 1.165) is 6.07 Å². The summed E-state index contributed by atoms with van der Waals surface area (Å²) in [4.78, 5) is 0. The Hall–Kier alpha value is -2.49. The van der Waals surface area contributed by atoms with Gasteiger partial charge in [0.05, 0.1) is 5.56 Å². The fourth-order valence-electron chi connectivity index (χ4n) is 3.74. The second kappa shape index (κ2) is 9.34. The van der Waals surface area contributed by atoms with Gasteiger partial charge in [-0.05, 0) is 52.5 Å². The third kappa shape index (κ3) is 5.11. The maximum atomic E-state index is 13.3. The molecule has 0 bridgehead atoms. The van der Waals surface area contributed by atoms with Gasteiger partial charge in [0.1, 0.15) is 0 Å². The Morgan fingerprint density at radius 2 is 1.69 bits per heavy atom. The number of rotatable bonds is 5. The number of hydrogen-bond donors (Lipinski definition) is 1. The van der Waals surface area contributed by atoms with Crippen LogP contribution in [-0.4, -0.2) is 0 Å². The van der Waals surface area contributed by atoms with Crippen LogP contribution < -0.4 is 5.73 Å². The highest BCUT2D eigenvalue weighted by molar-refractivity contribution is 5.76. The van der Waals surface area contributed by atoms with Crippen molar-refractivity contribution in [1.29, 1.82) is 0 Å². The number of hydrogen-bond acceptors (Lipinski definition) is 1. The lowest BCUT2D eigenvalue weighted by Crippen LogP contribution is -2.09. The molecule has 1 aliphatic rings. The maximum absolute atomic E-state index is 13.3. The van der Waals surface area contributed by atoms with Gasteiger partial charge < -0.3 is 5.73 Å². The van der Waals surface area contributed by atoms with E-state index in [1.165, 1.54) is 35.9 Å². The van der Waals surface area contributed by atoms with Gasteiger partial charge in [-0.15, -0.1) is 0 Å². The summed E-state index contributed by atoms with van der Waals surface area (Å²) in [5.41, 5.74) is 8.18. The third-order valence-corrected chi connectivity index (χ3v) is 5.65. The number of halogens is 3. The fourth-order valence-corrected chi connectivity index (χ4v) is 3.74. The maximum Gasteiger partial charge on any atom is 0.417 e. The SMILES string of the molecule is CC.CC1CC1(C)c1ccccc1C/C=C\C(=C/N)c1ccccc1C(F)(F)F. The van der Waals surface area contributed by atoms with Gasteiger partial charge in [-0.25, -0.2) is 0 Å².